The van der Waals surface area contributed by atoms with Crippen molar-refractivity contribution in [2.75, 3.05) is 51.8 Å². The SMILES string of the molecule is CCOC(=O)c1c(NC(=O)CN2CCN(S(=O)(=O)c3ccc(OC)cc3)CC2)sc2c1CCCC2. The molecule has 1 aliphatic carbocycles. The molecular formula is C24H31N3O6S2. The average Bonchev–Trinajstić information content (AvgIpc) is 3.22. The largest absolute Gasteiger partial charge is 0.497 e. The van der Waals surface area contributed by atoms with Crippen molar-refractivity contribution in [3.63, 3.8) is 0 Å². The highest BCUT2D eigenvalue weighted by Gasteiger charge is 2.30. The Kier molecular flexibility index (Phi) is 8.10. The molecule has 0 unspecified atom stereocenters. The first-order valence-corrected chi connectivity index (χ1v) is 14.1. The maximum Gasteiger partial charge on any atom is 0.341 e. The van der Waals surface area contributed by atoms with E-state index in [0.717, 1.165) is 36.1 Å². The number of nitrogens with zero attached hydrogens (tertiary/aromatic N) is 2. The third-order valence-corrected chi connectivity index (χ3v) is 9.42. The number of amides is 1. The molecule has 2 aromatic rings. The van der Waals surface area contributed by atoms with Gasteiger partial charge in [-0.2, -0.15) is 4.31 Å². The third kappa shape index (κ3) is 5.69. The number of carbonyl (C=O) groups is 2. The van der Waals surface area contributed by atoms with Gasteiger partial charge in [-0.15, -0.1) is 11.3 Å². The summed E-state index contributed by atoms with van der Waals surface area (Å²) in [6.45, 7) is 3.64. The lowest BCUT2D eigenvalue weighted by Crippen LogP contribution is -2.50. The number of carbonyl (C=O) groups excluding carboxylic acids is 2. The van der Waals surface area contributed by atoms with Gasteiger partial charge in [0.15, 0.2) is 0 Å². The standard InChI is InChI=1S/C24H31N3O6S2/c1-3-33-24(29)22-19-6-4-5-7-20(19)34-23(22)25-21(28)16-26-12-14-27(15-13-26)35(30,31)18-10-8-17(32-2)9-11-18/h8-11H,3-7,12-16H2,1-2H3,(H,25,28). The molecule has 35 heavy (non-hydrogen) atoms. The van der Waals surface area contributed by atoms with Crippen LogP contribution in [0.5, 0.6) is 5.75 Å². The van der Waals surface area contributed by atoms with Crippen LogP contribution in [0.3, 0.4) is 0 Å². The Morgan fingerprint density at radius 2 is 1.74 bits per heavy atom. The molecule has 9 nitrogen and oxygen atoms in total. The number of sulfonamides is 1. The molecule has 0 saturated carbocycles. The summed E-state index contributed by atoms with van der Waals surface area (Å²) in [6.07, 6.45) is 3.83. The summed E-state index contributed by atoms with van der Waals surface area (Å²) in [6, 6.07) is 6.33. The van der Waals surface area contributed by atoms with Crippen LogP contribution in [0, 0.1) is 0 Å². The molecule has 1 fully saturated rings. The summed E-state index contributed by atoms with van der Waals surface area (Å²) >= 11 is 1.46. The van der Waals surface area contributed by atoms with Gasteiger partial charge in [0.2, 0.25) is 15.9 Å². The normalized spacial score (nSPS) is 17.0. The van der Waals surface area contributed by atoms with Crippen LogP contribution in [0.15, 0.2) is 29.2 Å². The lowest BCUT2D eigenvalue weighted by atomic mass is 9.95. The van der Waals surface area contributed by atoms with E-state index in [9.17, 15) is 18.0 Å². The molecule has 190 valence electrons. The van der Waals surface area contributed by atoms with Crippen molar-refractivity contribution in [3.05, 3.63) is 40.3 Å². The van der Waals surface area contributed by atoms with Crippen LogP contribution in [0.4, 0.5) is 5.00 Å². The topological polar surface area (TPSA) is 105 Å². The number of anilines is 1. The minimum atomic E-state index is -3.61. The van der Waals surface area contributed by atoms with E-state index in [1.54, 1.807) is 19.1 Å². The van der Waals surface area contributed by atoms with Gasteiger partial charge in [0, 0.05) is 31.1 Å². The Balaban J connectivity index is 1.36. The van der Waals surface area contributed by atoms with Gasteiger partial charge in [-0.25, -0.2) is 13.2 Å². The van der Waals surface area contributed by atoms with Crippen LogP contribution < -0.4 is 10.1 Å². The highest BCUT2D eigenvalue weighted by atomic mass is 32.2. The average molecular weight is 522 g/mol. The Hall–Kier alpha value is -2.47. The first-order valence-electron chi connectivity index (χ1n) is 11.8. The highest BCUT2D eigenvalue weighted by Crippen LogP contribution is 2.38. The second-order valence-electron chi connectivity index (χ2n) is 8.54. The van der Waals surface area contributed by atoms with E-state index in [2.05, 4.69) is 5.32 Å². The molecule has 0 spiro atoms. The van der Waals surface area contributed by atoms with E-state index < -0.39 is 10.0 Å². The molecule has 11 heteroatoms. The molecule has 0 atom stereocenters. The van der Waals surface area contributed by atoms with Crippen molar-refractivity contribution in [2.24, 2.45) is 0 Å². The van der Waals surface area contributed by atoms with Gasteiger partial charge in [0.05, 0.1) is 30.7 Å². The van der Waals surface area contributed by atoms with E-state index in [1.807, 2.05) is 4.90 Å². The van der Waals surface area contributed by atoms with Crippen LogP contribution in [0.2, 0.25) is 0 Å². The Morgan fingerprint density at radius 3 is 2.40 bits per heavy atom. The van der Waals surface area contributed by atoms with Gasteiger partial charge in [-0.05, 0) is 62.4 Å². The highest BCUT2D eigenvalue weighted by molar-refractivity contribution is 7.89. The summed E-state index contributed by atoms with van der Waals surface area (Å²) in [5.74, 6) is -0.0161. The Bertz CT molecular complexity index is 1170. The number of piperazine rings is 1. The first-order chi connectivity index (χ1) is 16.8. The van der Waals surface area contributed by atoms with Gasteiger partial charge < -0.3 is 14.8 Å². The summed E-state index contributed by atoms with van der Waals surface area (Å²) < 4.78 is 37.7. The zero-order valence-corrected chi connectivity index (χ0v) is 21.7. The zero-order valence-electron chi connectivity index (χ0n) is 20.0. The number of ether oxygens (including phenoxy) is 2. The van der Waals surface area contributed by atoms with Gasteiger partial charge in [0.1, 0.15) is 10.8 Å². The van der Waals surface area contributed by atoms with Crippen molar-refractivity contribution in [1.29, 1.82) is 0 Å². The van der Waals surface area contributed by atoms with E-state index in [4.69, 9.17) is 9.47 Å². The lowest BCUT2D eigenvalue weighted by Gasteiger charge is -2.33. The predicted octanol–water partition coefficient (Wildman–Crippen LogP) is 2.76. The second-order valence-corrected chi connectivity index (χ2v) is 11.6. The quantitative estimate of drug-likeness (QED) is 0.533. The van der Waals surface area contributed by atoms with Gasteiger partial charge in [0.25, 0.3) is 0 Å². The number of nitrogens with one attached hydrogen (secondary N) is 1. The van der Waals surface area contributed by atoms with E-state index in [1.165, 1.54) is 34.9 Å². The number of rotatable bonds is 8. The maximum atomic E-state index is 13.0. The summed E-state index contributed by atoms with van der Waals surface area (Å²) in [4.78, 5) is 28.7. The van der Waals surface area contributed by atoms with Crippen LogP contribution in [-0.2, 0) is 32.4 Å². The summed E-state index contributed by atoms with van der Waals surface area (Å²) in [7, 11) is -2.08. The number of esters is 1. The maximum absolute atomic E-state index is 13.0. The van der Waals surface area contributed by atoms with Crippen LogP contribution in [0.1, 0.15) is 40.6 Å². The fourth-order valence-corrected chi connectivity index (χ4v) is 7.18. The third-order valence-electron chi connectivity index (χ3n) is 6.30. The molecule has 0 radical (unpaired) electrons. The van der Waals surface area contributed by atoms with Crippen LogP contribution in [0.25, 0.3) is 0 Å². The Morgan fingerprint density at radius 1 is 1.06 bits per heavy atom. The molecule has 1 aliphatic heterocycles. The van der Waals surface area contributed by atoms with Crippen LogP contribution >= 0.6 is 11.3 Å². The smallest absolute Gasteiger partial charge is 0.341 e. The first kappa shape index (κ1) is 25.6. The molecule has 1 N–H and O–H groups in total. The van der Waals surface area contributed by atoms with Gasteiger partial charge in [-0.3, -0.25) is 9.69 Å². The fraction of sp³-hybridized carbons (Fsp3) is 0.500. The van der Waals surface area contributed by atoms with E-state index >= 15 is 0 Å². The van der Waals surface area contributed by atoms with Crippen molar-refractivity contribution in [3.8, 4) is 5.75 Å². The molecule has 2 aliphatic rings. The van der Waals surface area contributed by atoms with E-state index in [-0.39, 0.29) is 29.9 Å². The number of aryl methyl sites for hydroxylation is 1. The molecule has 0 bridgehead atoms. The summed E-state index contributed by atoms with van der Waals surface area (Å²) in [5, 5.41) is 3.48. The van der Waals surface area contributed by atoms with Crippen LogP contribution in [-0.4, -0.2) is 75.9 Å². The molecule has 1 amide bonds. The molecule has 2 heterocycles. The second kappa shape index (κ2) is 11.1. The number of fused-ring (bicyclic) bond motifs is 1. The number of methoxy groups -OCH3 is 1. The minimum Gasteiger partial charge on any atom is -0.497 e. The molecule has 4 rings (SSSR count). The molecule has 1 aromatic carbocycles. The number of benzene rings is 1. The molecular weight excluding hydrogens is 490 g/mol. The molecule has 1 aromatic heterocycles. The van der Waals surface area contributed by atoms with E-state index in [0.29, 0.717) is 42.5 Å². The fourth-order valence-electron chi connectivity index (χ4n) is 4.47. The zero-order chi connectivity index (χ0) is 25.0. The van der Waals surface area contributed by atoms with Crippen molar-refractivity contribution in [2.45, 2.75) is 37.5 Å². The predicted molar refractivity (Wildman–Crippen MR) is 134 cm³/mol. The summed E-state index contributed by atoms with van der Waals surface area (Å²) in [5.41, 5.74) is 1.50. The van der Waals surface area contributed by atoms with Crippen molar-refractivity contribution in [1.82, 2.24) is 9.21 Å². The van der Waals surface area contributed by atoms with Crippen molar-refractivity contribution >= 4 is 38.2 Å². The van der Waals surface area contributed by atoms with Gasteiger partial charge in [-0.1, -0.05) is 0 Å². The minimum absolute atomic E-state index is 0.126. The lowest BCUT2D eigenvalue weighted by molar-refractivity contribution is -0.117. The molecule has 1 saturated heterocycles. The number of thiophene rings is 1. The Labute approximate surface area is 210 Å². The number of hydrogen-bond donors (Lipinski definition) is 1. The number of hydrogen-bond acceptors (Lipinski definition) is 8. The monoisotopic (exact) mass is 521 g/mol. The van der Waals surface area contributed by atoms with Crippen molar-refractivity contribution < 1.29 is 27.5 Å². The van der Waals surface area contributed by atoms with Gasteiger partial charge >= 0.3 is 5.97 Å².